The number of hydrogen-bond donors (Lipinski definition) is 1. The summed E-state index contributed by atoms with van der Waals surface area (Å²) < 4.78 is 0. The molecule has 0 amide bonds. The highest BCUT2D eigenvalue weighted by Crippen LogP contribution is 2.35. The van der Waals surface area contributed by atoms with Gasteiger partial charge in [-0.25, -0.2) is 0 Å². The molecule has 1 heterocycles. The molecule has 2 aliphatic rings. The van der Waals surface area contributed by atoms with Crippen LogP contribution in [-0.2, 0) is 0 Å². The van der Waals surface area contributed by atoms with Gasteiger partial charge in [0.05, 0.1) is 0 Å². The Hall–Kier alpha value is -0.0400. The third-order valence-electron chi connectivity index (χ3n) is 3.67. The number of rotatable bonds is 0. The minimum absolute atomic E-state index is 0.915. The topological polar surface area (TPSA) is 12.0 Å². The summed E-state index contributed by atoms with van der Waals surface area (Å²) in [5, 5.41) is 3.60. The summed E-state index contributed by atoms with van der Waals surface area (Å²) in [6, 6.07) is 0. The Labute approximate surface area is 75.9 Å². The molecular formula is C11H21N. The summed E-state index contributed by atoms with van der Waals surface area (Å²) in [7, 11) is 0. The van der Waals surface area contributed by atoms with Crippen molar-refractivity contribution >= 4 is 0 Å². The maximum Gasteiger partial charge on any atom is -0.00178 e. The fourth-order valence-corrected chi connectivity index (χ4v) is 2.98. The third kappa shape index (κ3) is 1.82. The van der Waals surface area contributed by atoms with E-state index in [0.717, 1.165) is 17.8 Å². The lowest BCUT2D eigenvalue weighted by Gasteiger charge is -2.30. The molecule has 3 atom stereocenters. The van der Waals surface area contributed by atoms with E-state index in [1.54, 1.807) is 0 Å². The summed E-state index contributed by atoms with van der Waals surface area (Å²) in [5.41, 5.74) is 0. The molecule has 0 bridgehead atoms. The normalized spacial score (nSPS) is 43.2. The molecule has 12 heavy (non-hydrogen) atoms. The number of fused-ring (bicyclic) bond motifs is 1. The van der Waals surface area contributed by atoms with Gasteiger partial charge in [0.15, 0.2) is 0 Å². The van der Waals surface area contributed by atoms with Crippen molar-refractivity contribution in [3.63, 3.8) is 0 Å². The molecule has 1 aliphatic carbocycles. The molecule has 0 aromatic heterocycles. The fraction of sp³-hybridized carbons (Fsp3) is 1.00. The second kappa shape index (κ2) is 3.78. The third-order valence-corrected chi connectivity index (χ3v) is 3.67. The van der Waals surface area contributed by atoms with E-state index in [2.05, 4.69) is 12.2 Å². The Bertz CT molecular complexity index is 144. The first-order valence-electron chi connectivity index (χ1n) is 5.57. The highest BCUT2D eigenvalue weighted by Gasteiger charge is 2.28. The lowest BCUT2D eigenvalue weighted by atomic mass is 9.76. The zero-order valence-corrected chi connectivity index (χ0v) is 8.18. The van der Waals surface area contributed by atoms with Gasteiger partial charge in [-0.15, -0.1) is 0 Å². The maximum atomic E-state index is 3.60. The van der Waals surface area contributed by atoms with Crippen LogP contribution < -0.4 is 5.32 Å². The maximum absolute atomic E-state index is 3.60. The average molecular weight is 167 g/mol. The lowest BCUT2D eigenvalue weighted by molar-refractivity contribution is 0.224. The van der Waals surface area contributed by atoms with E-state index in [9.17, 15) is 0 Å². The standard InChI is InChI=1S/C11H21N/c1-9-6-10-4-2-3-5-11(10)8-12-7-9/h9-12H,2-8H2,1H3. The molecule has 1 aliphatic heterocycles. The molecule has 2 fully saturated rings. The van der Waals surface area contributed by atoms with E-state index in [0.29, 0.717) is 0 Å². The van der Waals surface area contributed by atoms with E-state index >= 15 is 0 Å². The van der Waals surface area contributed by atoms with Crippen LogP contribution in [0.4, 0.5) is 0 Å². The van der Waals surface area contributed by atoms with Gasteiger partial charge < -0.3 is 5.32 Å². The van der Waals surface area contributed by atoms with Crippen LogP contribution in [0.25, 0.3) is 0 Å². The van der Waals surface area contributed by atoms with E-state index in [4.69, 9.17) is 0 Å². The molecule has 0 radical (unpaired) electrons. The lowest BCUT2D eigenvalue weighted by Crippen LogP contribution is -2.27. The van der Waals surface area contributed by atoms with Crippen molar-refractivity contribution in [2.45, 2.75) is 39.0 Å². The summed E-state index contributed by atoms with van der Waals surface area (Å²) in [5.74, 6) is 2.99. The Kier molecular flexibility index (Phi) is 2.69. The second-order valence-electron chi connectivity index (χ2n) is 4.80. The summed E-state index contributed by atoms with van der Waals surface area (Å²) in [6.45, 7) is 4.95. The van der Waals surface area contributed by atoms with Crippen LogP contribution >= 0.6 is 0 Å². The molecule has 1 heteroatoms. The molecule has 0 aromatic carbocycles. The average Bonchev–Trinajstić information content (AvgIpc) is 2.25. The van der Waals surface area contributed by atoms with Crippen LogP contribution in [0.15, 0.2) is 0 Å². The van der Waals surface area contributed by atoms with Gasteiger partial charge in [-0.05, 0) is 43.7 Å². The van der Waals surface area contributed by atoms with Gasteiger partial charge in [0.2, 0.25) is 0 Å². The first kappa shape index (κ1) is 8.55. The second-order valence-corrected chi connectivity index (χ2v) is 4.80. The molecule has 0 spiro atoms. The smallest absolute Gasteiger partial charge is 0.00178 e. The largest absolute Gasteiger partial charge is 0.316 e. The van der Waals surface area contributed by atoms with E-state index in [1.165, 1.54) is 45.2 Å². The summed E-state index contributed by atoms with van der Waals surface area (Å²) in [4.78, 5) is 0. The van der Waals surface area contributed by atoms with Crippen molar-refractivity contribution in [1.82, 2.24) is 5.32 Å². The first-order valence-corrected chi connectivity index (χ1v) is 5.57. The van der Waals surface area contributed by atoms with Crippen LogP contribution in [0.5, 0.6) is 0 Å². The Morgan fingerprint density at radius 1 is 1.00 bits per heavy atom. The van der Waals surface area contributed by atoms with Gasteiger partial charge in [0.25, 0.3) is 0 Å². The quantitative estimate of drug-likeness (QED) is 0.584. The SMILES string of the molecule is CC1CNCC2CCCCC2C1. The van der Waals surface area contributed by atoms with Gasteiger partial charge >= 0.3 is 0 Å². The zero-order chi connectivity index (χ0) is 8.39. The molecular weight excluding hydrogens is 146 g/mol. The minimum Gasteiger partial charge on any atom is -0.316 e. The van der Waals surface area contributed by atoms with Crippen LogP contribution in [0.3, 0.4) is 0 Å². The highest BCUT2D eigenvalue weighted by molar-refractivity contribution is 4.81. The molecule has 1 saturated heterocycles. The van der Waals surface area contributed by atoms with E-state index in [-0.39, 0.29) is 0 Å². The fourth-order valence-electron chi connectivity index (χ4n) is 2.98. The number of hydrogen-bond acceptors (Lipinski definition) is 1. The Morgan fingerprint density at radius 3 is 2.58 bits per heavy atom. The molecule has 3 unspecified atom stereocenters. The van der Waals surface area contributed by atoms with Gasteiger partial charge in [-0.3, -0.25) is 0 Å². The minimum atomic E-state index is 0.915. The van der Waals surface area contributed by atoms with Gasteiger partial charge in [-0.1, -0.05) is 26.2 Å². The molecule has 2 rings (SSSR count). The predicted molar refractivity (Wildman–Crippen MR) is 52.1 cm³/mol. The van der Waals surface area contributed by atoms with Crippen molar-refractivity contribution in [3.8, 4) is 0 Å². The monoisotopic (exact) mass is 167 g/mol. The molecule has 70 valence electrons. The van der Waals surface area contributed by atoms with E-state index in [1.807, 2.05) is 0 Å². The van der Waals surface area contributed by atoms with Gasteiger partial charge in [-0.2, -0.15) is 0 Å². The summed E-state index contributed by atoms with van der Waals surface area (Å²) >= 11 is 0. The molecule has 1 saturated carbocycles. The van der Waals surface area contributed by atoms with Gasteiger partial charge in [0, 0.05) is 0 Å². The van der Waals surface area contributed by atoms with Crippen molar-refractivity contribution in [2.75, 3.05) is 13.1 Å². The first-order chi connectivity index (χ1) is 5.86. The zero-order valence-electron chi connectivity index (χ0n) is 8.18. The highest BCUT2D eigenvalue weighted by atomic mass is 14.9. The molecule has 1 N–H and O–H groups in total. The van der Waals surface area contributed by atoms with Crippen molar-refractivity contribution < 1.29 is 0 Å². The Morgan fingerprint density at radius 2 is 1.75 bits per heavy atom. The van der Waals surface area contributed by atoms with Crippen molar-refractivity contribution in [2.24, 2.45) is 17.8 Å². The molecule has 0 aromatic rings. The van der Waals surface area contributed by atoms with Crippen LogP contribution in [0.2, 0.25) is 0 Å². The van der Waals surface area contributed by atoms with Crippen LogP contribution in [0, 0.1) is 17.8 Å². The van der Waals surface area contributed by atoms with Gasteiger partial charge in [0.1, 0.15) is 0 Å². The van der Waals surface area contributed by atoms with Crippen LogP contribution in [-0.4, -0.2) is 13.1 Å². The molecule has 1 nitrogen and oxygen atoms in total. The Balaban J connectivity index is 1.96. The summed E-state index contributed by atoms with van der Waals surface area (Å²) in [6.07, 6.45) is 7.46. The number of nitrogens with one attached hydrogen (secondary N) is 1. The van der Waals surface area contributed by atoms with Crippen LogP contribution in [0.1, 0.15) is 39.0 Å². The van der Waals surface area contributed by atoms with E-state index < -0.39 is 0 Å². The van der Waals surface area contributed by atoms with Crippen molar-refractivity contribution in [3.05, 3.63) is 0 Å². The van der Waals surface area contributed by atoms with Crippen molar-refractivity contribution in [1.29, 1.82) is 0 Å². The predicted octanol–water partition coefficient (Wildman–Crippen LogP) is 2.42.